The summed E-state index contributed by atoms with van der Waals surface area (Å²) < 4.78 is 11.2. The molecule has 0 bridgehead atoms. The van der Waals surface area contributed by atoms with Crippen molar-refractivity contribution < 1.29 is 9.47 Å². The zero-order valence-electron chi connectivity index (χ0n) is 12.0. The van der Waals surface area contributed by atoms with E-state index >= 15 is 0 Å². The molecule has 2 rings (SSSR count). The Hall–Kier alpha value is -1.20. The Morgan fingerprint density at radius 3 is 2.45 bits per heavy atom. The van der Waals surface area contributed by atoms with Gasteiger partial charge in [0.1, 0.15) is 5.01 Å². The van der Waals surface area contributed by atoms with Crippen LogP contribution in [-0.2, 0) is 5.75 Å². The molecule has 20 heavy (non-hydrogen) atoms. The van der Waals surface area contributed by atoms with Gasteiger partial charge >= 0.3 is 0 Å². The maximum absolute atomic E-state index is 5.65. The predicted molar refractivity (Wildman–Crippen MR) is 87.3 cm³/mol. The first-order chi connectivity index (χ1) is 9.69. The average molecular weight is 309 g/mol. The number of benzene rings is 1. The molecule has 1 aromatic heterocycles. The van der Waals surface area contributed by atoms with Gasteiger partial charge < -0.3 is 9.47 Å². The summed E-state index contributed by atoms with van der Waals surface area (Å²) >= 11 is 6.00. The highest BCUT2D eigenvalue weighted by Crippen LogP contribution is 2.35. The molecule has 1 heterocycles. The molecule has 0 aliphatic rings. The van der Waals surface area contributed by atoms with Crippen LogP contribution in [0.2, 0.25) is 0 Å². The number of rotatable bonds is 6. The Morgan fingerprint density at radius 2 is 1.85 bits per heavy atom. The normalized spacial score (nSPS) is 10.6. The fourth-order valence-electron chi connectivity index (χ4n) is 1.88. The summed E-state index contributed by atoms with van der Waals surface area (Å²) in [5.74, 6) is 2.27. The molecule has 2 aromatic rings. The molecule has 0 atom stereocenters. The minimum absolute atomic E-state index is 0.613. The van der Waals surface area contributed by atoms with Crippen molar-refractivity contribution in [1.82, 2.24) is 4.98 Å². The number of thiazole rings is 1. The highest BCUT2D eigenvalue weighted by molar-refractivity contribution is 7.79. The minimum Gasteiger partial charge on any atom is -0.490 e. The maximum atomic E-state index is 5.65. The number of ether oxygens (including phenoxy) is 2. The Kier molecular flexibility index (Phi) is 5.31. The predicted octanol–water partition coefficient (Wildman–Crippen LogP) is 4.35. The van der Waals surface area contributed by atoms with Crippen LogP contribution in [0.4, 0.5) is 0 Å². The van der Waals surface area contributed by atoms with Crippen LogP contribution in [0.15, 0.2) is 18.2 Å². The van der Waals surface area contributed by atoms with Gasteiger partial charge in [-0.25, -0.2) is 4.98 Å². The van der Waals surface area contributed by atoms with E-state index in [1.807, 2.05) is 39.0 Å². The number of aromatic nitrogens is 1. The van der Waals surface area contributed by atoms with Crippen molar-refractivity contribution in [3.63, 3.8) is 0 Å². The summed E-state index contributed by atoms with van der Waals surface area (Å²) in [6.07, 6.45) is 0. The van der Waals surface area contributed by atoms with Gasteiger partial charge in [0.2, 0.25) is 0 Å². The van der Waals surface area contributed by atoms with Gasteiger partial charge in [0.25, 0.3) is 0 Å². The summed E-state index contributed by atoms with van der Waals surface area (Å²) in [5, 5.41) is 0.996. The van der Waals surface area contributed by atoms with E-state index in [1.165, 1.54) is 4.88 Å². The van der Waals surface area contributed by atoms with Gasteiger partial charge in [-0.05, 0) is 39.0 Å². The van der Waals surface area contributed by atoms with E-state index in [-0.39, 0.29) is 0 Å². The largest absolute Gasteiger partial charge is 0.490 e. The second-order valence-corrected chi connectivity index (χ2v) is 5.61. The molecule has 0 radical (unpaired) electrons. The lowest BCUT2D eigenvalue weighted by atomic mass is 10.2. The van der Waals surface area contributed by atoms with Gasteiger partial charge in [-0.2, -0.15) is 12.6 Å². The van der Waals surface area contributed by atoms with E-state index in [1.54, 1.807) is 11.3 Å². The first-order valence-corrected chi connectivity index (χ1v) is 8.11. The lowest BCUT2D eigenvalue weighted by Gasteiger charge is -2.11. The van der Waals surface area contributed by atoms with E-state index in [9.17, 15) is 0 Å². The number of thiol groups is 1. The number of hydrogen-bond acceptors (Lipinski definition) is 5. The molecule has 0 fully saturated rings. The second kappa shape index (κ2) is 6.99. The fourth-order valence-corrected chi connectivity index (χ4v) is 3.22. The van der Waals surface area contributed by atoms with Crippen LogP contribution < -0.4 is 9.47 Å². The molecule has 0 spiro atoms. The molecule has 0 saturated heterocycles. The van der Waals surface area contributed by atoms with Gasteiger partial charge in [-0.15, -0.1) is 11.3 Å². The first-order valence-electron chi connectivity index (χ1n) is 6.66. The lowest BCUT2D eigenvalue weighted by Crippen LogP contribution is -1.98. The van der Waals surface area contributed by atoms with Crippen molar-refractivity contribution >= 4 is 24.0 Å². The SMILES string of the molecule is CCOc1ccc(-c2nc(C)c(CS)s2)cc1OCC. The van der Waals surface area contributed by atoms with Crippen LogP contribution in [0, 0.1) is 6.92 Å². The first kappa shape index (κ1) is 15.2. The van der Waals surface area contributed by atoms with Crippen LogP contribution in [0.25, 0.3) is 10.6 Å². The second-order valence-electron chi connectivity index (χ2n) is 4.21. The standard InChI is InChI=1S/C15H19NO2S2/c1-4-17-12-7-6-11(8-13(12)18-5-2)15-16-10(3)14(9-19)20-15/h6-8,19H,4-5,9H2,1-3H3. The minimum atomic E-state index is 0.613. The van der Waals surface area contributed by atoms with Crippen molar-refractivity contribution in [2.24, 2.45) is 0 Å². The van der Waals surface area contributed by atoms with E-state index in [4.69, 9.17) is 9.47 Å². The summed E-state index contributed by atoms with van der Waals surface area (Å²) in [6, 6.07) is 5.96. The molecule has 1 aromatic carbocycles. The average Bonchev–Trinajstić information content (AvgIpc) is 2.82. The van der Waals surface area contributed by atoms with Crippen molar-refractivity contribution in [2.45, 2.75) is 26.5 Å². The monoisotopic (exact) mass is 309 g/mol. The van der Waals surface area contributed by atoms with Crippen LogP contribution in [0.3, 0.4) is 0 Å². The molecule has 0 N–H and O–H groups in total. The van der Waals surface area contributed by atoms with Crippen LogP contribution in [-0.4, -0.2) is 18.2 Å². The molecule has 0 aliphatic heterocycles. The van der Waals surface area contributed by atoms with Crippen molar-refractivity contribution in [1.29, 1.82) is 0 Å². The van der Waals surface area contributed by atoms with E-state index < -0.39 is 0 Å². The van der Waals surface area contributed by atoms with Crippen LogP contribution >= 0.6 is 24.0 Å². The zero-order chi connectivity index (χ0) is 14.5. The maximum Gasteiger partial charge on any atom is 0.161 e. The van der Waals surface area contributed by atoms with Crippen LogP contribution in [0.1, 0.15) is 24.4 Å². The lowest BCUT2D eigenvalue weighted by molar-refractivity contribution is 0.288. The molecule has 0 aliphatic carbocycles. The smallest absolute Gasteiger partial charge is 0.161 e. The van der Waals surface area contributed by atoms with Crippen LogP contribution in [0.5, 0.6) is 11.5 Å². The van der Waals surface area contributed by atoms with Gasteiger partial charge in [0.15, 0.2) is 11.5 Å². The molecule has 0 amide bonds. The summed E-state index contributed by atoms with van der Waals surface area (Å²) in [4.78, 5) is 5.81. The van der Waals surface area contributed by atoms with Crippen molar-refractivity contribution in [3.8, 4) is 22.1 Å². The molecule has 3 nitrogen and oxygen atoms in total. The van der Waals surface area contributed by atoms with Crippen molar-refractivity contribution in [3.05, 3.63) is 28.8 Å². The Morgan fingerprint density at radius 1 is 1.15 bits per heavy atom. The van der Waals surface area contributed by atoms with Gasteiger partial charge in [0, 0.05) is 16.2 Å². The molecule has 0 unspecified atom stereocenters. The summed E-state index contributed by atoms with van der Waals surface area (Å²) in [5.41, 5.74) is 2.10. The highest BCUT2D eigenvalue weighted by atomic mass is 32.1. The Bertz CT molecular complexity index is 581. The molecule has 108 valence electrons. The number of hydrogen-bond donors (Lipinski definition) is 1. The zero-order valence-corrected chi connectivity index (χ0v) is 13.7. The number of aryl methyl sites for hydroxylation is 1. The van der Waals surface area contributed by atoms with Gasteiger partial charge in [0.05, 0.1) is 18.9 Å². The summed E-state index contributed by atoms with van der Waals surface area (Å²) in [6.45, 7) is 7.19. The third kappa shape index (κ3) is 3.27. The third-order valence-electron chi connectivity index (χ3n) is 2.83. The fraction of sp³-hybridized carbons (Fsp3) is 0.400. The third-order valence-corrected chi connectivity index (χ3v) is 4.56. The quantitative estimate of drug-likeness (QED) is 0.805. The van der Waals surface area contributed by atoms with E-state index in [2.05, 4.69) is 17.6 Å². The van der Waals surface area contributed by atoms with Gasteiger partial charge in [-0.1, -0.05) is 0 Å². The summed E-state index contributed by atoms with van der Waals surface area (Å²) in [7, 11) is 0. The molecular weight excluding hydrogens is 290 g/mol. The topological polar surface area (TPSA) is 31.4 Å². The van der Waals surface area contributed by atoms with Gasteiger partial charge in [-0.3, -0.25) is 0 Å². The molecule has 5 heteroatoms. The van der Waals surface area contributed by atoms with E-state index in [0.717, 1.165) is 33.5 Å². The van der Waals surface area contributed by atoms with E-state index in [0.29, 0.717) is 13.2 Å². The van der Waals surface area contributed by atoms with Crippen molar-refractivity contribution in [2.75, 3.05) is 13.2 Å². The Labute approximate surface area is 129 Å². The Balaban J connectivity index is 2.38. The molecular formula is C15H19NO2S2. The highest BCUT2D eigenvalue weighted by Gasteiger charge is 2.12. The molecule has 0 saturated carbocycles. The number of nitrogens with zero attached hydrogens (tertiary/aromatic N) is 1.